The number of likely N-dealkylation sites (N-methyl/N-ethyl adjacent to an activating group) is 1. The van der Waals surface area contributed by atoms with Crippen LogP contribution in [0.2, 0.25) is 0 Å². The van der Waals surface area contributed by atoms with Crippen LogP contribution in [0, 0.1) is 24.6 Å². The van der Waals surface area contributed by atoms with Crippen molar-refractivity contribution in [2.45, 2.75) is 72.4 Å². The molecule has 9 heteroatoms. The minimum atomic E-state index is -0.594. The summed E-state index contributed by atoms with van der Waals surface area (Å²) >= 11 is 0. The maximum Gasteiger partial charge on any atom is 0.254 e. The van der Waals surface area contributed by atoms with Crippen LogP contribution in [0.3, 0.4) is 0 Å². The van der Waals surface area contributed by atoms with E-state index in [1.54, 1.807) is 29.4 Å². The number of nitrogens with zero attached hydrogens (tertiary/aromatic N) is 5. The molecule has 0 radical (unpaired) electrons. The fourth-order valence-corrected chi connectivity index (χ4v) is 6.45. The molecule has 0 N–H and O–H groups in total. The number of fused-ring (bicyclic) bond motifs is 1. The van der Waals surface area contributed by atoms with Crippen molar-refractivity contribution >= 4 is 11.4 Å². The Kier molecular flexibility index (Phi) is 11.0. The number of aromatic nitrogens is 2. The third-order valence-electron chi connectivity index (χ3n) is 8.95. The molecule has 1 aromatic carbocycles. The van der Waals surface area contributed by atoms with Gasteiger partial charge < -0.3 is 18.9 Å². The van der Waals surface area contributed by atoms with Gasteiger partial charge in [0.1, 0.15) is 17.2 Å². The summed E-state index contributed by atoms with van der Waals surface area (Å²) in [6, 6.07) is 6.63. The number of benzene rings is 1. The van der Waals surface area contributed by atoms with Crippen molar-refractivity contribution in [3.63, 3.8) is 0 Å². The largest absolute Gasteiger partial charge is 0.383 e. The van der Waals surface area contributed by atoms with Crippen LogP contribution in [0.1, 0.15) is 75.1 Å². The highest BCUT2D eigenvalue weighted by Gasteiger charge is 2.35. The number of hydrogen-bond acceptors (Lipinski definition) is 5. The van der Waals surface area contributed by atoms with Gasteiger partial charge in [-0.1, -0.05) is 19.9 Å². The number of methoxy groups -OCH3 is 1. The van der Waals surface area contributed by atoms with Crippen LogP contribution in [-0.4, -0.2) is 95.6 Å². The highest BCUT2D eigenvalue weighted by atomic mass is 19.1. The number of likely N-dealkylation sites (tertiary alicyclic amines) is 1. The summed E-state index contributed by atoms with van der Waals surface area (Å²) in [4.78, 5) is 24.4. The molecule has 1 amide bonds. The van der Waals surface area contributed by atoms with E-state index in [1.165, 1.54) is 12.1 Å². The Morgan fingerprint density at radius 3 is 2.47 bits per heavy atom. The first-order chi connectivity index (χ1) is 20.5. The number of imidazole rings is 1. The molecule has 0 spiro atoms. The summed E-state index contributed by atoms with van der Waals surface area (Å²) in [6.07, 6.45) is 4.24. The smallest absolute Gasteiger partial charge is 0.254 e. The van der Waals surface area contributed by atoms with E-state index in [4.69, 9.17) is 4.74 Å². The van der Waals surface area contributed by atoms with Gasteiger partial charge in [-0.2, -0.15) is 4.39 Å². The van der Waals surface area contributed by atoms with Crippen molar-refractivity contribution < 1.29 is 18.3 Å². The molecule has 0 bridgehead atoms. The van der Waals surface area contributed by atoms with Gasteiger partial charge in [0.05, 0.1) is 12.2 Å². The second-order valence-electron chi connectivity index (χ2n) is 12.6. The third-order valence-corrected chi connectivity index (χ3v) is 8.95. The fourth-order valence-electron chi connectivity index (χ4n) is 6.45. The molecule has 1 atom stereocenters. The van der Waals surface area contributed by atoms with Crippen LogP contribution in [-0.2, 0) is 4.74 Å². The molecule has 1 fully saturated rings. The van der Waals surface area contributed by atoms with Crippen molar-refractivity contribution in [3.8, 4) is 11.1 Å². The molecule has 7 nitrogen and oxygen atoms in total. The number of hydrogen-bond donors (Lipinski definition) is 0. The molecule has 1 aliphatic rings. The Balaban J connectivity index is 1.63. The SMILES string of the molecule is CCN(C(=O)c1cc(F)ccc1-c1cc(C2CN([C@@H](CCCN(C)CCOC)C(C)C)C2)cn2c(C)nc(F)c12)C(C)C. The molecular weight excluding hydrogens is 548 g/mol. The zero-order chi connectivity index (χ0) is 31.4. The lowest BCUT2D eigenvalue weighted by atomic mass is 9.85. The second-order valence-corrected chi connectivity index (χ2v) is 12.6. The van der Waals surface area contributed by atoms with Crippen LogP contribution < -0.4 is 0 Å². The van der Waals surface area contributed by atoms with E-state index < -0.39 is 11.8 Å². The van der Waals surface area contributed by atoms with Crippen LogP contribution in [0.25, 0.3) is 16.6 Å². The molecule has 2 aromatic heterocycles. The first kappa shape index (κ1) is 33.0. The number of carbonyl (C=O) groups is 1. The van der Waals surface area contributed by atoms with Crippen molar-refractivity contribution in [2.75, 3.05) is 53.5 Å². The van der Waals surface area contributed by atoms with Crippen molar-refractivity contribution in [1.29, 1.82) is 0 Å². The summed E-state index contributed by atoms with van der Waals surface area (Å²) in [5, 5.41) is 0. The van der Waals surface area contributed by atoms with Gasteiger partial charge in [0, 0.05) is 63.1 Å². The number of carbonyl (C=O) groups excluding carboxylic acids is 1. The van der Waals surface area contributed by atoms with Gasteiger partial charge in [-0.3, -0.25) is 9.69 Å². The Hall–Kier alpha value is -2.88. The molecule has 0 unspecified atom stereocenters. The number of ether oxygens (including phenoxy) is 1. The number of rotatable bonds is 14. The van der Waals surface area contributed by atoms with Crippen LogP contribution in [0.4, 0.5) is 8.78 Å². The van der Waals surface area contributed by atoms with Crippen LogP contribution in [0.15, 0.2) is 30.5 Å². The highest BCUT2D eigenvalue weighted by Crippen LogP contribution is 2.38. The number of pyridine rings is 1. The standard InChI is InChI=1S/C34H49F2N5O2/c1-9-40(23(4)5)34(42)30-18-27(35)12-13-28(30)29-17-25(21-41-24(6)37-33(36)32(29)41)26-19-39(20-26)31(22(2)3)11-10-14-38(7)15-16-43-8/h12-13,17-18,21-23,26,31H,9-11,14-16,19-20H2,1-8H3/t31-/m0/s1. The summed E-state index contributed by atoms with van der Waals surface area (Å²) in [5.74, 6) is -0.0250. The number of aryl methyl sites for hydroxylation is 1. The predicted molar refractivity (Wildman–Crippen MR) is 169 cm³/mol. The lowest BCUT2D eigenvalue weighted by Crippen LogP contribution is -2.52. The molecule has 1 aliphatic heterocycles. The Morgan fingerprint density at radius 2 is 1.84 bits per heavy atom. The topological polar surface area (TPSA) is 53.3 Å². The van der Waals surface area contributed by atoms with Gasteiger partial charge in [-0.15, -0.1) is 0 Å². The van der Waals surface area contributed by atoms with Gasteiger partial charge in [0.2, 0.25) is 5.95 Å². The molecule has 0 aliphatic carbocycles. The van der Waals surface area contributed by atoms with E-state index in [9.17, 15) is 9.18 Å². The summed E-state index contributed by atoms with van der Waals surface area (Å²) in [7, 11) is 3.87. The lowest BCUT2D eigenvalue weighted by molar-refractivity contribution is 0.0567. The summed E-state index contributed by atoms with van der Waals surface area (Å²) < 4.78 is 36.9. The van der Waals surface area contributed by atoms with Crippen molar-refractivity contribution in [3.05, 3.63) is 59.2 Å². The first-order valence-corrected chi connectivity index (χ1v) is 15.7. The van der Waals surface area contributed by atoms with Gasteiger partial charge in [-0.25, -0.2) is 9.37 Å². The molecule has 43 heavy (non-hydrogen) atoms. The van der Waals surface area contributed by atoms with Gasteiger partial charge >= 0.3 is 0 Å². The van der Waals surface area contributed by atoms with Crippen molar-refractivity contribution in [2.24, 2.45) is 5.92 Å². The maximum absolute atomic E-state index is 15.3. The number of halogens is 2. The average molecular weight is 598 g/mol. The second kappa shape index (κ2) is 14.3. The maximum atomic E-state index is 15.3. The predicted octanol–water partition coefficient (Wildman–Crippen LogP) is 6.24. The molecular formula is C34H49F2N5O2. The van der Waals surface area contributed by atoms with E-state index in [-0.39, 0.29) is 23.4 Å². The van der Waals surface area contributed by atoms with Gasteiger partial charge in [0.25, 0.3) is 5.91 Å². The molecule has 1 saturated heterocycles. The van der Waals surface area contributed by atoms with E-state index in [2.05, 4.69) is 35.7 Å². The Morgan fingerprint density at radius 1 is 1.12 bits per heavy atom. The quantitative estimate of drug-likeness (QED) is 0.220. The summed E-state index contributed by atoms with van der Waals surface area (Å²) in [6.45, 7) is 17.2. The van der Waals surface area contributed by atoms with Gasteiger partial charge in [0.15, 0.2) is 0 Å². The minimum absolute atomic E-state index is 0.0606. The zero-order valence-corrected chi connectivity index (χ0v) is 27.2. The van der Waals surface area contributed by atoms with Crippen LogP contribution >= 0.6 is 0 Å². The molecule has 0 saturated carbocycles. The monoisotopic (exact) mass is 597 g/mol. The van der Waals surface area contributed by atoms with E-state index in [0.717, 1.165) is 51.2 Å². The zero-order valence-electron chi connectivity index (χ0n) is 27.2. The normalized spacial score (nSPS) is 15.2. The molecule has 3 heterocycles. The Bertz CT molecular complexity index is 1400. The molecule has 236 valence electrons. The Labute approximate surface area is 255 Å². The summed E-state index contributed by atoms with van der Waals surface area (Å²) in [5.41, 5.74) is 2.70. The molecule has 3 aromatic rings. The van der Waals surface area contributed by atoms with Crippen LogP contribution in [0.5, 0.6) is 0 Å². The highest BCUT2D eigenvalue weighted by molar-refractivity contribution is 6.03. The van der Waals surface area contributed by atoms with E-state index >= 15 is 4.39 Å². The van der Waals surface area contributed by atoms with Gasteiger partial charge in [-0.05, 0) is 89.4 Å². The van der Waals surface area contributed by atoms with E-state index in [0.29, 0.717) is 41.0 Å². The average Bonchev–Trinajstić information content (AvgIpc) is 3.22. The minimum Gasteiger partial charge on any atom is -0.383 e. The van der Waals surface area contributed by atoms with Crippen molar-refractivity contribution in [1.82, 2.24) is 24.1 Å². The van der Waals surface area contributed by atoms with E-state index in [1.807, 2.05) is 33.0 Å². The fraction of sp³-hybridized carbons (Fsp3) is 0.588. The molecule has 4 rings (SSSR count). The first-order valence-electron chi connectivity index (χ1n) is 15.7. The number of amides is 1. The lowest BCUT2D eigenvalue weighted by Gasteiger charge is -2.46. The third kappa shape index (κ3) is 7.27.